The minimum Gasteiger partial charge on any atom is -0.306 e. The average molecular weight is 529 g/mol. The number of alkyl halides is 2. The molecule has 0 aliphatic carbocycles. The van der Waals surface area contributed by atoms with Crippen LogP contribution in [0.4, 0.5) is 19.0 Å². The smallest absolute Gasteiger partial charge is 0.264 e. The van der Waals surface area contributed by atoms with Crippen molar-refractivity contribution in [2.24, 2.45) is 7.05 Å². The molecule has 0 aliphatic heterocycles. The van der Waals surface area contributed by atoms with Crippen molar-refractivity contribution in [3.05, 3.63) is 76.6 Å². The molecule has 0 bridgehead atoms. The molecule has 37 heavy (non-hydrogen) atoms. The fraction of sp³-hybridized carbons (Fsp3) is 0.208. The lowest BCUT2D eigenvalue weighted by molar-refractivity contribution is -0.116. The Morgan fingerprint density at radius 3 is 2.59 bits per heavy atom. The molecule has 0 saturated heterocycles. The van der Waals surface area contributed by atoms with Crippen molar-refractivity contribution >= 4 is 34.4 Å². The third-order valence-electron chi connectivity index (χ3n) is 5.67. The van der Waals surface area contributed by atoms with Crippen LogP contribution in [-0.4, -0.2) is 40.2 Å². The van der Waals surface area contributed by atoms with Crippen molar-refractivity contribution in [2.75, 3.05) is 5.32 Å². The topological polar surface area (TPSA) is 95.5 Å². The van der Waals surface area contributed by atoms with Crippen molar-refractivity contribution in [2.45, 2.75) is 26.4 Å². The summed E-state index contributed by atoms with van der Waals surface area (Å²) in [5, 5.41) is 15.7. The molecule has 0 atom stereocenters. The lowest BCUT2D eigenvalue weighted by Gasteiger charge is -2.08. The summed E-state index contributed by atoms with van der Waals surface area (Å²) in [6.07, 6.45) is 1.95. The summed E-state index contributed by atoms with van der Waals surface area (Å²) in [4.78, 5) is 17.4. The molecule has 0 aliphatic rings. The van der Waals surface area contributed by atoms with Crippen LogP contribution in [0.25, 0.3) is 22.3 Å². The minimum atomic E-state index is -2.77. The van der Waals surface area contributed by atoms with E-state index in [1.165, 1.54) is 44.6 Å². The lowest BCUT2D eigenvalue weighted by atomic mass is 10.1. The van der Waals surface area contributed by atoms with Crippen LogP contribution >= 0.6 is 11.6 Å². The van der Waals surface area contributed by atoms with E-state index in [0.29, 0.717) is 23.5 Å². The Balaban J connectivity index is 1.40. The standard InChI is InChI=1S/C24H20ClF3N8O/c1-13-21-17(22(27)28)7-19(15-8-29-34(2)10-15)30-24(21)36(32-13)12-20(37)31-23-18(25)11-35(33-23)9-14-3-5-16(26)6-4-14/h3-8,10-11,22H,9,12H2,1-2H3,(H,31,33,37). The quantitative estimate of drug-likeness (QED) is 0.329. The molecule has 0 saturated carbocycles. The van der Waals surface area contributed by atoms with Crippen LogP contribution < -0.4 is 5.32 Å². The van der Waals surface area contributed by atoms with Crippen molar-refractivity contribution in [3.63, 3.8) is 0 Å². The van der Waals surface area contributed by atoms with Crippen molar-refractivity contribution < 1.29 is 18.0 Å². The fourth-order valence-corrected chi connectivity index (χ4v) is 4.22. The Bertz CT molecular complexity index is 1610. The van der Waals surface area contributed by atoms with Crippen LogP contribution in [0, 0.1) is 12.7 Å². The summed E-state index contributed by atoms with van der Waals surface area (Å²) in [5.41, 5.74) is 1.89. The number of pyridine rings is 1. The summed E-state index contributed by atoms with van der Waals surface area (Å²) < 4.78 is 45.4. The highest BCUT2D eigenvalue weighted by Crippen LogP contribution is 2.33. The van der Waals surface area contributed by atoms with Gasteiger partial charge < -0.3 is 5.32 Å². The first-order valence-electron chi connectivity index (χ1n) is 11.1. The van der Waals surface area contributed by atoms with Gasteiger partial charge in [0.1, 0.15) is 17.4 Å². The van der Waals surface area contributed by atoms with Gasteiger partial charge in [-0.3, -0.25) is 14.2 Å². The summed E-state index contributed by atoms with van der Waals surface area (Å²) >= 11 is 6.24. The molecule has 190 valence electrons. The van der Waals surface area contributed by atoms with Gasteiger partial charge in [0, 0.05) is 30.6 Å². The molecule has 13 heteroatoms. The first-order chi connectivity index (χ1) is 17.7. The van der Waals surface area contributed by atoms with E-state index >= 15 is 0 Å². The third kappa shape index (κ3) is 5.05. The van der Waals surface area contributed by atoms with Gasteiger partial charge in [-0.15, -0.1) is 0 Å². The molecule has 1 N–H and O–H groups in total. The number of nitrogens with one attached hydrogen (secondary N) is 1. The van der Waals surface area contributed by atoms with Gasteiger partial charge in [0.05, 0.1) is 29.5 Å². The highest BCUT2D eigenvalue weighted by molar-refractivity contribution is 6.33. The average Bonchev–Trinajstić information content (AvgIpc) is 3.52. The van der Waals surface area contributed by atoms with Crippen LogP contribution in [0.1, 0.15) is 23.2 Å². The van der Waals surface area contributed by atoms with Crippen molar-refractivity contribution in [1.29, 1.82) is 0 Å². The van der Waals surface area contributed by atoms with Crippen LogP contribution in [0.5, 0.6) is 0 Å². The van der Waals surface area contributed by atoms with Gasteiger partial charge >= 0.3 is 0 Å². The van der Waals surface area contributed by atoms with Gasteiger partial charge in [-0.25, -0.2) is 22.8 Å². The summed E-state index contributed by atoms with van der Waals surface area (Å²) in [5.74, 6) is -0.746. The van der Waals surface area contributed by atoms with Crippen LogP contribution in [0.2, 0.25) is 5.02 Å². The molecule has 5 rings (SSSR count). The number of benzene rings is 1. The number of aromatic nitrogens is 7. The summed E-state index contributed by atoms with van der Waals surface area (Å²) in [6.45, 7) is 1.59. The second-order valence-corrected chi connectivity index (χ2v) is 8.85. The van der Waals surface area contributed by atoms with Crippen LogP contribution in [0.3, 0.4) is 0 Å². The number of aryl methyl sites for hydroxylation is 2. The number of carbonyl (C=O) groups is 1. The molecular formula is C24H20ClF3N8O. The highest BCUT2D eigenvalue weighted by atomic mass is 35.5. The molecule has 4 aromatic heterocycles. The molecule has 9 nitrogen and oxygen atoms in total. The van der Waals surface area contributed by atoms with E-state index in [2.05, 4.69) is 25.6 Å². The molecule has 1 amide bonds. The predicted molar refractivity (Wildman–Crippen MR) is 131 cm³/mol. The summed E-state index contributed by atoms with van der Waals surface area (Å²) in [6, 6.07) is 7.24. The van der Waals surface area contributed by atoms with Gasteiger partial charge in [0.25, 0.3) is 6.43 Å². The Morgan fingerprint density at radius 1 is 1.16 bits per heavy atom. The molecule has 5 aromatic rings. The van der Waals surface area contributed by atoms with Gasteiger partial charge in [-0.1, -0.05) is 23.7 Å². The monoisotopic (exact) mass is 528 g/mol. The van der Waals surface area contributed by atoms with Crippen LogP contribution in [-0.2, 0) is 24.9 Å². The lowest BCUT2D eigenvalue weighted by Crippen LogP contribution is -2.20. The Labute approximate surface area is 213 Å². The van der Waals surface area contributed by atoms with Crippen molar-refractivity contribution in [1.82, 2.24) is 34.3 Å². The first kappa shape index (κ1) is 24.5. The molecule has 1 aromatic carbocycles. The second-order valence-electron chi connectivity index (χ2n) is 8.44. The number of hydrogen-bond donors (Lipinski definition) is 1. The Morgan fingerprint density at radius 2 is 1.92 bits per heavy atom. The maximum absolute atomic E-state index is 14.0. The fourth-order valence-electron chi connectivity index (χ4n) is 4.02. The number of hydrogen-bond acceptors (Lipinski definition) is 5. The van der Waals surface area contributed by atoms with E-state index in [1.807, 2.05) is 0 Å². The Kier molecular flexibility index (Phi) is 6.42. The van der Waals surface area contributed by atoms with Gasteiger partial charge in [-0.2, -0.15) is 15.3 Å². The molecule has 0 fully saturated rings. The zero-order valence-electron chi connectivity index (χ0n) is 19.7. The maximum atomic E-state index is 14.0. The number of carbonyl (C=O) groups excluding carboxylic acids is 1. The second kappa shape index (κ2) is 9.69. The molecule has 0 unspecified atom stereocenters. The minimum absolute atomic E-state index is 0.124. The molecule has 0 spiro atoms. The normalized spacial score (nSPS) is 11.5. The number of halogens is 4. The number of anilines is 1. The van der Waals surface area contributed by atoms with E-state index in [4.69, 9.17) is 11.6 Å². The zero-order chi connectivity index (χ0) is 26.3. The van der Waals surface area contributed by atoms with Gasteiger partial charge in [0.15, 0.2) is 11.5 Å². The number of amides is 1. The zero-order valence-corrected chi connectivity index (χ0v) is 20.4. The van der Waals surface area contributed by atoms with E-state index in [9.17, 15) is 18.0 Å². The van der Waals surface area contributed by atoms with Crippen molar-refractivity contribution in [3.8, 4) is 11.3 Å². The number of nitrogens with zero attached hydrogens (tertiary/aromatic N) is 7. The highest BCUT2D eigenvalue weighted by Gasteiger charge is 2.23. The molecule has 4 heterocycles. The maximum Gasteiger partial charge on any atom is 0.264 e. The SMILES string of the molecule is Cc1nn(CC(=O)Nc2nn(Cc3ccc(F)cc3)cc2Cl)c2nc(-c3cnn(C)c3)cc(C(F)F)c12. The molecular weight excluding hydrogens is 509 g/mol. The molecule has 0 radical (unpaired) electrons. The number of fused-ring (bicyclic) bond motifs is 1. The van der Waals surface area contributed by atoms with E-state index in [1.54, 1.807) is 32.3 Å². The van der Waals surface area contributed by atoms with Gasteiger partial charge in [0.2, 0.25) is 5.91 Å². The van der Waals surface area contributed by atoms with Crippen LogP contribution in [0.15, 0.2) is 48.9 Å². The summed E-state index contributed by atoms with van der Waals surface area (Å²) in [7, 11) is 1.71. The van der Waals surface area contributed by atoms with Gasteiger partial charge in [-0.05, 0) is 30.7 Å². The van der Waals surface area contributed by atoms with E-state index < -0.39 is 12.3 Å². The third-order valence-corrected chi connectivity index (χ3v) is 5.95. The predicted octanol–water partition coefficient (Wildman–Crippen LogP) is 4.75. The number of rotatable bonds is 7. The van der Waals surface area contributed by atoms with E-state index in [-0.39, 0.29) is 39.8 Å². The first-order valence-corrected chi connectivity index (χ1v) is 11.5. The Hall–Kier alpha value is -4.19. The van der Waals surface area contributed by atoms with E-state index in [0.717, 1.165) is 5.56 Å². The largest absolute Gasteiger partial charge is 0.306 e.